The van der Waals surface area contributed by atoms with E-state index >= 15 is 0 Å². The van der Waals surface area contributed by atoms with E-state index in [1.54, 1.807) is 0 Å². The molecule has 1 aliphatic rings. The van der Waals surface area contributed by atoms with Crippen molar-refractivity contribution < 1.29 is 5.11 Å². The van der Waals surface area contributed by atoms with E-state index in [0.717, 1.165) is 19.3 Å². The van der Waals surface area contributed by atoms with Crippen LogP contribution in [0.2, 0.25) is 0 Å². The van der Waals surface area contributed by atoms with Crippen molar-refractivity contribution in [3.8, 4) is 5.75 Å². The molecule has 0 aliphatic heterocycles. The van der Waals surface area contributed by atoms with Crippen LogP contribution in [0.4, 0.5) is 0 Å². The molecule has 1 aromatic carbocycles. The van der Waals surface area contributed by atoms with Gasteiger partial charge in [-0.05, 0) is 69.3 Å². The molecule has 2 rings (SSSR count). The highest BCUT2D eigenvalue weighted by molar-refractivity contribution is 5.85. The molecule has 1 aliphatic carbocycles. The van der Waals surface area contributed by atoms with Gasteiger partial charge in [0.05, 0.1) is 0 Å². The van der Waals surface area contributed by atoms with E-state index in [1.165, 1.54) is 37.1 Å². The molecule has 0 saturated heterocycles. The Morgan fingerprint density at radius 2 is 1.85 bits per heavy atom. The predicted octanol–water partition coefficient (Wildman–Crippen LogP) is 4.18. The van der Waals surface area contributed by atoms with Crippen LogP contribution in [0.25, 0.3) is 0 Å². The number of nitrogens with zero attached hydrogens (tertiary/aromatic N) is 1. The van der Waals surface area contributed by atoms with Gasteiger partial charge in [-0.3, -0.25) is 4.90 Å². The Labute approximate surface area is 129 Å². The van der Waals surface area contributed by atoms with E-state index in [9.17, 15) is 5.11 Å². The van der Waals surface area contributed by atoms with Crippen molar-refractivity contribution in [1.29, 1.82) is 0 Å². The maximum Gasteiger partial charge on any atom is 0.119 e. The molecule has 1 aromatic rings. The molecule has 2 nitrogen and oxygen atoms in total. The third-order valence-corrected chi connectivity index (χ3v) is 4.48. The molecular weight excluding hydrogens is 270 g/mol. The highest BCUT2D eigenvalue weighted by Gasteiger charge is 2.35. The largest absolute Gasteiger partial charge is 0.508 e. The number of benzene rings is 1. The van der Waals surface area contributed by atoms with Crippen LogP contribution in [-0.4, -0.2) is 28.6 Å². The van der Waals surface area contributed by atoms with Crippen molar-refractivity contribution in [2.75, 3.05) is 13.1 Å². The number of hydrogen-bond donors (Lipinski definition) is 1. The first kappa shape index (κ1) is 17.3. The van der Waals surface area contributed by atoms with Crippen molar-refractivity contribution in [3.63, 3.8) is 0 Å². The number of halogens is 1. The Bertz CT molecular complexity index is 429. The molecule has 0 bridgehead atoms. The number of fused-ring (bicyclic) bond motifs is 1. The Hall–Kier alpha value is -0.730. The van der Waals surface area contributed by atoms with Crippen LogP contribution < -0.4 is 0 Å². The molecule has 20 heavy (non-hydrogen) atoms. The summed E-state index contributed by atoms with van der Waals surface area (Å²) in [4.78, 5) is 2.65. The molecule has 1 atom stereocenters. The fraction of sp³-hybridized carbons (Fsp3) is 0.647. The number of hydrogen-bond acceptors (Lipinski definition) is 2. The van der Waals surface area contributed by atoms with Crippen molar-refractivity contribution in [1.82, 2.24) is 4.90 Å². The van der Waals surface area contributed by atoms with Crippen LogP contribution in [0, 0.1) is 0 Å². The van der Waals surface area contributed by atoms with E-state index in [-0.39, 0.29) is 17.9 Å². The van der Waals surface area contributed by atoms with E-state index in [1.807, 2.05) is 12.1 Å². The van der Waals surface area contributed by atoms with Gasteiger partial charge in [0.1, 0.15) is 5.75 Å². The number of phenols is 1. The van der Waals surface area contributed by atoms with Crippen molar-refractivity contribution in [3.05, 3.63) is 29.3 Å². The summed E-state index contributed by atoms with van der Waals surface area (Å²) in [6.45, 7) is 9.27. The zero-order chi connectivity index (χ0) is 13.9. The van der Waals surface area contributed by atoms with Gasteiger partial charge < -0.3 is 5.11 Å². The van der Waals surface area contributed by atoms with Gasteiger partial charge in [0.25, 0.3) is 0 Å². The van der Waals surface area contributed by atoms with Crippen molar-refractivity contribution in [2.24, 2.45) is 0 Å². The van der Waals surface area contributed by atoms with Gasteiger partial charge in [-0.2, -0.15) is 0 Å². The monoisotopic (exact) mass is 297 g/mol. The highest BCUT2D eigenvalue weighted by atomic mass is 35.5. The first-order valence-corrected chi connectivity index (χ1v) is 7.65. The van der Waals surface area contributed by atoms with E-state index in [0.29, 0.717) is 5.75 Å². The molecule has 3 heteroatoms. The van der Waals surface area contributed by atoms with Crippen LogP contribution in [0.3, 0.4) is 0 Å². The lowest BCUT2D eigenvalue weighted by molar-refractivity contribution is 0.0880. The van der Waals surface area contributed by atoms with Gasteiger partial charge in [-0.1, -0.05) is 26.0 Å². The first-order chi connectivity index (χ1) is 9.10. The standard InChI is InChI=1S/C17H27NO.ClH/c1-4-11-18(12-5-2)17(3)10-9-15-14(13-17)7-6-8-16(15)19;/h6-8,19H,4-5,9-13H2,1-3H3;1H. The summed E-state index contributed by atoms with van der Waals surface area (Å²) in [6, 6.07) is 5.98. The average Bonchev–Trinajstić information content (AvgIpc) is 2.38. The third kappa shape index (κ3) is 3.48. The fourth-order valence-corrected chi connectivity index (χ4v) is 3.43. The maximum absolute atomic E-state index is 9.96. The van der Waals surface area contributed by atoms with Crippen molar-refractivity contribution in [2.45, 2.75) is 58.4 Å². The lowest BCUT2D eigenvalue weighted by Crippen LogP contribution is -2.50. The summed E-state index contributed by atoms with van der Waals surface area (Å²) in [5.41, 5.74) is 2.77. The minimum Gasteiger partial charge on any atom is -0.508 e. The van der Waals surface area contributed by atoms with Gasteiger partial charge >= 0.3 is 0 Å². The Morgan fingerprint density at radius 1 is 1.20 bits per heavy atom. The zero-order valence-corrected chi connectivity index (χ0v) is 13.8. The van der Waals surface area contributed by atoms with E-state index in [4.69, 9.17) is 0 Å². The molecule has 0 aromatic heterocycles. The summed E-state index contributed by atoms with van der Waals surface area (Å²) in [5.74, 6) is 0.483. The van der Waals surface area contributed by atoms with E-state index < -0.39 is 0 Å². The van der Waals surface area contributed by atoms with Crippen LogP contribution in [0.15, 0.2) is 18.2 Å². The second kappa shape index (κ2) is 7.33. The Morgan fingerprint density at radius 3 is 2.45 bits per heavy atom. The summed E-state index contributed by atoms with van der Waals surface area (Å²) in [6.07, 6.45) is 5.64. The molecule has 0 fully saturated rings. The molecular formula is C17H28ClNO. The van der Waals surface area contributed by atoms with Crippen LogP contribution in [-0.2, 0) is 12.8 Å². The quantitative estimate of drug-likeness (QED) is 0.881. The van der Waals surface area contributed by atoms with Gasteiger partial charge in [0, 0.05) is 5.54 Å². The molecule has 0 amide bonds. The molecule has 0 saturated carbocycles. The first-order valence-electron chi connectivity index (χ1n) is 7.65. The lowest BCUT2D eigenvalue weighted by Gasteiger charge is -2.44. The predicted molar refractivity (Wildman–Crippen MR) is 87.9 cm³/mol. The van der Waals surface area contributed by atoms with Gasteiger partial charge in [0.2, 0.25) is 0 Å². The molecule has 1 N–H and O–H groups in total. The lowest BCUT2D eigenvalue weighted by atomic mass is 9.77. The van der Waals surface area contributed by atoms with Gasteiger partial charge in [-0.25, -0.2) is 0 Å². The molecule has 0 spiro atoms. The molecule has 0 radical (unpaired) electrons. The van der Waals surface area contributed by atoms with Crippen LogP contribution in [0.5, 0.6) is 5.75 Å². The van der Waals surface area contributed by atoms with Crippen molar-refractivity contribution >= 4 is 12.4 Å². The molecule has 114 valence electrons. The Balaban J connectivity index is 0.00000200. The summed E-state index contributed by atoms with van der Waals surface area (Å²) in [5, 5.41) is 9.96. The zero-order valence-electron chi connectivity index (χ0n) is 13.0. The second-order valence-corrected chi connectivity index (χ2v) is 6.08. The van der Waals surface area contributed by atoms with Gasteiger partial charge in [0.15, 0.2) is 0 Å². The minimum atomic E-state index is 0. The number of aromatic hydroxyl groups is 1. The minimum absolute atomic E-state index is 0. The number of phenolic OH excluding ortho intramolecular Hbond substituents is 1. The summed E-state index contributed by atoms with van der Waals surface area (Å²) >= 11 is 0. The third-order valence-electron chi connectivity index (χ3n) is 4.48. The maximum atomic E-state index is 9.96. The number of rotatable bonds is 5. The fourth-order valence-electron chi connectivity index (χ4n) is 3.43. The van der Waals surface area contributed by atoms with Gasteiger partial charge in [-0.15, -0.1) is 12.4 Å². The summed E-state index contributed by atoms with van der Waals surface area (Å²) < 4.78 is 0. The smallest absolute Gasteiger partial charge is 0.119 e. The highest BCUT2D eigenvalue weighted by Crippen LogP contribution is 2.36. The molecule has 1 unspecified atom stereocenters. The Kier molecular flexibility index (Phi) is 6.35. The SMILES string of the molecule is CCCN(CCC)C1(C)CCc2c(O)cccc2C1.Cl. The average molecular weight is 298 g/mol. The summed E-state index contributed by atoms with van der Waals surface area (Å²) in [7, 11) is 0. The van der Waals surface area contributed by atoms with Crippen LogP contribution >= 0.6 is 12.4 Å². The molecule has 0 heterocycles. The normalized spacial score (nSPS) is 21.4. The van der Waals surface area contributed by atoms with Crippen LogP contribution in [0.1, 0.15) is 51.2 Å². The second-order valence-electron chi connectivity index (χ2n) is 6.08. The van der Waals surface area contributed by atoms with E-state index in [2.05, 4.69) is 31.7 Å². The topological polar surface area (TPSA) is 23.5 Å².